The maximum absolute atomic E-state index is 11.6. The van der Waals surface area contributed by atoms with Crippen molar-refractivity contribution in [2.24, 2.45) is 22.7 Å². The van der Waals surface area contributed by atoms with Gasteiger partial charge >= 0.3 is 5.97 Å². The fourth-order valence-corrected chi connectivity index (χ4v) is 2.78. The Kier molecular flexibility index (Phi) is 2.81. The van der Waals surface area contributed by atoms with E-state index in [1.807, 2.05) is 0 Å². The van der Waals surface area contributed by atoms with E-state index in [0.29, 0.717) is 6.04 Å². The van der Waals surface area contributed by atoms with E-state index in [4.69, 9.17) is 4.74 Å². The first-order valence-electron chi connectivity index (χ1n) is 6.68. The van der Waals surface area contributed by atoms with Crippen molar-refractivity contribution in [2.75, 3.05) is 13.7 Å². The van der Waals surface area contributed by atoms with Gasteiger partial charge in [-0.3, -0.25) is 9.79 Å². The highest BCUT2D eigenvalue weighted by atomic mass is 16.5. The van der Waals surface area contributed by atoms with Crippen LogP contribution in [-0.2, 0) is 9.53 Å². The minimum absolute atomic E-state index is 0.139. The summed E-state index contributed by atoms with van der Waals surface area (Å²) in [6, 6.07) is 0.569. The van der Waals surface area contributed by atoms with Gasteiger partial charge in [0.1, 0.15) is 11.8 Å². The highest BCUT2D eigenvalue weighted by Gasteiger charge is 2.43. The molecule has 0 saturated heterocycles. The van der Waals surface area contributed by atoms with Crippen LogP contribution in [0.1, 0.15) is 32.1 Å². The summed E-state index contributed by atoms with van der Waals surface area (Å²) < 4.78 is 4.84. The quantitative estimate of drug-likeness (QED) is 0.750. The molecule has 1 heterocycles. The van der Waals surface area contributed by atoms with Crippen molar-refractivity contribution in [3.05, 3.63) is 0 Å². The number of esters is 1. The Balaban J connectivity index is 1.64. The van der Waals surface area contributed by atoms with E-state index in [0.717, 1.165) is 30.6 Å². The summed E-state index contributed by atoms with van der Waals surface area (Å²) in [6.07, 6.45) is 6.15. The van der Waals surface area contributed by atoms with Crippen LogP contribution in [0.3, 0.4) is 0 Å². The summed E-state index contributed by atoms with van der Waals surface area (Å²) in [5.74, 6) is 2.26. The largest absolute Gasteiger partial charge is 0.468 e. The minimum atomic E-state index is -0.140. The van der Waals surface area contributed by atoms with Crippen LogP contribution in [0, 0.1) is 17.8 Å². The Hall–Kier alpha value is -1.06. The second-order valence-corrected chi connectivity index (χ2v) is 5.48. The molecule has 0 radical (unpaired) electrons. The van der Waals surface area contributed by atoms with Crippen molar-refractivity contribution in [2.45, 2.75) is 38.1 Å². The smallest absolute Gasteiger partial charge is 0.316 e. The van der Waals surface area contributed by atoms with E-state index < -0.39 is 0 Å². The minimum Gasteiger partial charge on any atom is -0.468 e. The van der Waals surface area contributed by atoms with E-state index in [2.05, 4.69) is 10.3 Å². The highest BCUT2D eigenvalue weighted by molar-refractivity contribution is 6.02. The average Bonchev–Trinajstić information content (AvgIpc) is 3.25. The second-order valence-electron chi connectivity index (χ2n) is 5.48. The number of carbonyl (C=O) groups excluding carboxylic acids is 1. The zero-order chi connectivity index (χ0) is 11.8. The Labute approximate surface area is 102 Å². The molecule has 94 valence electrons. The molecular weight excluding hydrogens is 216 g/mol. The third-order valence-electron chi connectivity index (χ3n) is 4.09. The zero-order valence-corrected chi connectivity index (χ0v) is 10.3. The van der Waals surface area contributed by atoms with Crippen LogP contribution in [0.4, 0.5) is 0 Å². The molecule has 0 spiro atoms. The SMILES string of the molecule is COC(=O)C1CCN=C1NC(C1CC1)C1CC1. The zero-order valence-electron chi connectivity index (χ0n) is 10.3. The molecule has 4 heteroatoms. The Morgan fingerprint density at radius 3 is 2.47 bits per heavy atom. The highest BCUT2D eigenvalue weighted by Crippen LogP contribution is 2.44. The second kappa shape index (κ2) is 4.31. The maximum atomic E-state index is 11.6. The van der Waals surface area contributed by atoms with Crippen LogP contribution in [-0.4, -0.2) is 31.5 Å². The van der Waals surface area contributed by atoms with Crippen LogP contribution in [0.5, 0.6) is 0 Å². The van der Waals surface area contributed by atoms with Gasteiger partial charge in [0.25, 0.3) is 0 Å². The number of methoxy groups -OCH3 is 1. The van der Waals surface area contributed by atoms with Crippen molar-refractivity contribution in [1.29, 1.82) is 0 Å². The van der Waals surface area contributed by atoms with Crippen molar-refractivity contribution in [1.82, 2.24) is 5.32 Å². The van der Waals surface area contributed by atoms with E-state index in [-0.39, 0.29) is 11.9 Å². The fourth-order valence-electron chi connectivity index (χ4n) is 2.78. The van der Waals surface area contributed by atoms with Gasteiger partial charge in [-0.2, -0.15) is 0 Å². The monoisotopic (exact) mass is 236 g/mol. The number of aliphatic imine (C=N–C) groups is 1. The summed E-state index contributed by atoms with van der Waals surface area (Å²) in [4.78, 5) is 16.1. The lowest BCUT2D eigenvalue weighted by molar-refractivity contribution is -0.143. The van der Waals surface area contributed by atoms with Gasteiger partial charge in [0.05, 0.1) is 7.11 Å². The number of nitrogens with one attached hydrogen (secondary N) is 1. The standard InChI is InChI=1S/C13H20N2O2/c1-17-13(16)10-6-7-14-12(10)15-11(8-2-3-8)9-4-5-9/h8-11H,2-7H2,1H3,(H,14,15). The molecule has 2 saturated carbocycles. The molecular formula is C13H20N2O2. The van der Waals surface area contributed by atoms with Gasteiger partial charge in [0.15, 0.2) is 0 Å². The van der Waals surface area contributed by atoms with Crippen LogP contribution < -0.4 is 5.32 Å². The van der Waals surface area contributed by atoms with Crippen LogP contribution in [0.15, 0.2) is 4.99 Å². The van der Waals surface area contributed by atoms with E-state index in [1.54, 1.807) is 0 Å². The van der Waals surface area contributed by atoms with E-state index in [1.165, 1.54) is 32.8 Å². The number of amidine groups is 1. The molecule has 0 aromatic carbocycles. The van der Waals surface area contributed by atoms with Crippen LogP contribution in [0.2, 0.25) is 0 Å². The van der Waals surface area contributed by atoms with Gasteiger partial charge in [-0.25, -0.2) is 0 Å². The predicted octanol–water partition coefficient (Wildman–Crippen LogP) is 1.36. The lowest BCUT2D eigenvalue weighted by Crippen LogP contribution is -2.42. The molecule has 1 unspecified atom stereocenters. The molecule has 0 aromatic rings. The first kappa shape index (κ1) is 11.1. The summed E-state index contributed by atoms with van der Waals surface area (Å²) in [5.41, 5.74) is 0. The molecule has 1 N–H and O–H groups in total. The summed E-state index contributed by atoms with van der Waals surface area (Å²) in [5, 5.41) is 3.55. The normalized spacial score (nSPS) is 28.1. The van der Waals surface area contributed by atoms with Crippen LogP contribution >= 0.6 is 0 Å². The third kappa shape index (κ3) is 2.31. The number of hydrogen-bond acceptors (Lipinski definition) is 4. The fraction of sp³-hybridized carbons (Fsp3) is 0.846. The molecule has 3 rings (SSSR count). The molecule has 0 aromatic heterocycles. The van der Waals surface area contributed by atoms with Crippen molar-refractivity contribution in [3.8, 4) is 0 Å². The molecule has 17 heavy (non-hydrogen) atoms. The lowest BCUT2D eigenvalue weighted by atomic mass is 10.0. The average molecular weight is 236 g/mol. The number of ether oxygens (including phenoxy) is 1. The number of nitrogens with zero attached hydrogens (tertiary/aromatic N) is 1. The summed E-state index contributed by atoms with van der Waals surface area (Å²) >= 11 is 0. The molecule has 4 nitrogen and oxygen atoms in total. The van der Waals surface area contributed by atoms with Gasteiger partial charge < -0.3 is 10.1 Å². The van der Waals surface area contributed by atoms with Gasteiger partial charge in [0.2, 0.25) is 0 Å². The molecule has 2 aliphatic carbocycles. The topological polar surface area (TPSA) is 50.7 Å². The molecule has 0 amide bonds. The number of hydrogen-bond donors (Lipinski definition) is 1. The predicted molar refractivity (Wildman–Crippen MR) is 64.8 cm³/mol. The van der Waals surface area contributed by atoms with Crippen LogP contribution in [0.25, 0.3) is 0 Å². The Morgan fingerprint density at radius 1 is 1.29 bits per heavy atom. The number of rotatable bonds is 4. The summed E-state index contributed by atoms with van der Waals surface area (Å²) in [7, 11) is 1.46. The molecule has 1 aliphatic heterocycles. The molecule has 3 aliphatic rings. The molecule has 0 bridgehead atoms. The van der Waals surface area contributed by atoms with Crippen molar-refractivity contribution in [3.63, 3.8) is 0 Å². The Morgan fingerprint density at radius 2 is 1.94 bits per heavy atom. The summed E-state index contributed by atoms with van der Waals surface area (Å²) in [6.45, 7) is 0.754. The first-order valence-corrected chi connectivity index (χ1v) is 6.68. The van der Waals surface area contributed by atoms with Gasteiger partial charge in [-0.05, 0) is 43.9 Å². The van der Waals surface area contributed by atoms with E-state index in [9.17, 15) is 4.79 Å². The van der Waals surface area contributed by atoms with Gasteiger partial charge in [0, 0.05) is 12.6 Å². The molecule has 1 atom stereocenters. The van der Waals surface area contributed by atoms with Crippen molar-refractivity contribution < 1.29 is 9.53 Å². The molecule has 2 fully saturated rings. The first-order chi connectivity index (χ1) is 8.29. The lowest BCUT2D eigenvalue weighted by Gasteiger charge is -2.21. The van der Waals surface area contributed by atoms with Gasteiger partial charge in [-0.15, -0.1) is 0 Å². The third-order valence-corrected chi connectivity index (χ3v) is 4.09. The van der Waals surface area contributed by atoms with E-state index >= 15 is 0 Å². The van der Waals surface area contributed by atoms with Crippen molar-refractivity contribution >= 4 is 11.8 Å². The van der Waals surface area contributed by atoms with Gasteiger partial charge in [-0.1, -0.05) is 0 Å². The maximum Gasteiger partial charge on any atom is 0.316 e. The Bertz CT molecular complexity index is 333. The number of carbonyl (C=O) groups is 1.